The molecule has 2 rings (SSSR count). The zero-order chi connectivity index (χ0) is 14.9. The maximum Gasteiger partial charge on any atom is 0.332 e. The lowest BCUT2D eigenvalue weighted by Gasteiger charge is -2.25. The molecule has 0 aromatic carbocycles. The van der Waals surface area contributed by atoms with Crippen LogP contribution in [0, 0.1) is 17.2 Å². The topological polar surface area (TPSA) is 71.0 Å². The zero-order valence-electron chi connectivity index (χ0n) is 12.2. The molecule has 1 fully saturated rings. The summed E-state index contributed by atoms with van der Waals surface area (Å²) >= 11 is 0. The van der Waals surface area contributed by atoms with Gasteiger partial charge in [-0.15, -0.1) is 0 Å². The Morgan fingerprint density at radius 3 is 2.50 bits per heavy atom. The highest BCUT2D eigenvalue weighted by Gasteiger charge is 2.22. The van der Waals surface area contributed by atoms with Crippen LogP contribution in [0.5, 0.6) is 0 Å². The Bertz CT molecular complexity index is 665. The molecule has 0 amide bonds. The van der Waals surface area contributed by atoms with Crippen LogP contribution >= 0.6 is 0 Å². The van der Waals surface area contributed by atoms with Gasteiger partial charge in [-0.25, -0.2) is 4.79 Å². The van der Waals surface area contributed by atoms with E-state index in [1.165, 1.54) is 11.6 Å². The molecule has 1 aliphatic heterocycles. The van der Waals surface area contributed by atoms with Gasteiger partial charge in [-0.1, -0.05) is 6.92 Å². The van der Waals surface area contributed by atoms with E-state index in [1.807, 2.05) is 11.0 Å². The molecule has 108 valence electrons. The summed E-state index contributed by atoms with van der Waals surface area (Å²) in [4.78, 5) is 26.2. The van der Waals surface area contributed by atoms with E-state index in [9.17, 15) is 14.9 Å². The number of anilines is 1. The highest BCUT2D eigenvalue weighted by atomic mass is 16.2. The smallest absolute Gasteiger partial charge is 0.332 e. The van der Waals surface area contributed by atoms with Gasteiger partial charge in [0.2, 0.25) is 0 Å². The third-order valence-corrected chi connectivity index (χ3v) is 4.06. The van der Waals surface area contributed by atoms with E-state index in [4.69, 9.17) is 0 Å². The molecule has 0 aliphatic carbocycles. The van der Waals surface area contributed by atoms with Crippen molar-refractivity contribution in [3.8, 4) is 6.07 Å². The number of nitrogens with zero attached hydrogens (tertiary/aromatic N) is 4. The minimum Gasteiger partial charge on any atom is -0.357 e. The van der Waals surface area contributed by atoms with Crippen LogP contribution in [0.1, 0.15) is 31.7 Å². The van der Waals surface area contributed by atoms with E-state index in [0.29, 0.717) is 11.7 Å². The lowest BCUT2D eigenvalue weighted by molar-refractivity contribution is 0.520. The monoisotopic (exact) mass is 276 g/mol. The van der Waals surface area contributed by atoms with Crippen molar-refractivity contribution in [3.05, 3.63) is 26.4 Å². The average molecular weight is 276 g/mol. The van der Waals surface area contributed by atoms with Crippen molar-refractivity contribution in [1.82, 2.24) is 9.13 Å². The Morgan fingerprint density at radius 1 is 1.15 bits per heavy atom. The van der Waals surface area contributed by atoms with Crippen LogP contribution in [-0.2, 0) is 14.1 Å². The fourth-order valence-corrected chi connectivity index (χ4v) is 2.78. The van der Waals surface area contributed by atoms with Gasteiger partial charge in [-0.2, -0.15) is 5.26 Å². The molecule has 1 atom stereocenters. The van der Waals surface area contributed by atoms with Gasteiger partial charge in [-0.3, -0.25) is 13.9 Å². The average Bonchev–Trinajstić information content (AvgIpc) is 2.65. The number of hydrogen-bond acceptors (Lipinski definition) is 4. The first kappa shape index (κ1) is 14.4. The number of nitriles is 1. The van der Waals surface area contributed by atoms with E-state index in [-0.39, 0.29) is 11.3 Å². The van der Waals surface area contributed by atoms with Crippen molar-refractivity contribution < 1.29 is 0 Å². The van der Waals surface area contributed by atoms with Crippen LogP contribution in [0.3, 0.4) is 0 Å². The number of aromatic nitrogens is 2. The molecule has 6 heteroatoms. The van der Waals surface area contributed by atoms with Crippen molar-refractivity contribution >= 4 is 5.82 Å². The molecule has 1 saturated heterocycles. The summed E-state index contributed by atoms with van der Waals surface area (Å²) < 4.78 is 2.40. The van der Waals surface area contributed by atoms with Gasteiger partial charge in [0.1, 0.15) is 11.9 Å². The highest BCUT2D eigenvalue weighted by Crippen LogP contribution is 2.22. The molecule has 0 saturated carbocycles. The third-order valence-electron chi connectivity index (χ3n) is 4.06. The summed E-state index contributed by atoms with van der Waals surface area (Å²) in [5, 5.41) is 9.29. The molecule has 20 heavy (non-hydrogen) atoms. The van der Waals surface area contributed by atoms with Crippen LogP contribution in [0.15, 0.2) is 9.59 Å². The fraction of sp³-hybridized carbons (Fsp3) is 0.643. The van der Waals surface area contributed by atoms with Crippen LogP contribution in [0.4, 0.5) is 5.82 Å². The fourth-order valence-electron chi connectivity index (χ4n) is 2.78. The molecule has 0 spiro atoms. The molecule has 0 N–H and O–H groups in total. The van der Waals surface area contributed by atoms with Crippen LogP contribution < -0.4 is 16.1 Å². The Morgan fingerprint density at radius 2 is 1.85 bits per heavy atom. The highest BCUT2D eigenvalue weighted by molar-refractivity contribution is 5.53. The van der Waals surface area contributed by atoms with E-state index < -0.39 is 5.56 Å². The van der Waals surface area contributed by atoms with Gasteiger partial charge >= 0.3 is 5.69 Å². The summed E-state index contributed by atoms with van der Waals surface area (Å²) in [7, 11) is 3.02. The van der Waals surface area contributed by atoms with Gasteiger partial charge in [0, 0.05) is 27.2 Å². The van der Waals surface area contributed by atoms with Crippen molar-refractivity contribution in [2.75, 3.05) is 18.0 Å². The normalized spacial score (nSPS) is 19.5. The standard InChI is InChI=1S/C14H20N4O2/c1-10-5-4-7-18(8-6-10)12-11(9-15)13(19)17(3)14(20)16(12)2/h10H,4-8H2,1-3H3/t10-/m1/s1. The molecular weight excluding hydrogens is 256 g/mol. The van der Waals surface area contributed by atoms with Gasteiger partial charge in [0.25, 0.3) is 5.56 Å². The molecule has 0 unspecified atom stereocenters. The summed E-state index contributed by atoms with van der Waals surface area (Å²) in [5.74, 6) is 1.10. The van der Waals surface area contributed by atoms with Crippen molar-refractivity contribution in [2.45, 2.75) is 26.2 Å². The summed E-state index contributed by atoms with van der Waals surface area (Å²) in [6.45, 7) is 3.76. The van der Waals surface area contributed by atoms with Crippen molar-refractivity contribution in [1.29, 1.82) is 5.26 Å². The Hall–Kier alpha value is -2.03. The van der Waals surface area contributed by atoms with E-state index >= 15 is 0 Å². The first-order chi connectivity index (χ1) is 9.47. The second-order valence-corrected chi connectivity index (χ2v) is 5.54. The summed E-state index contributed by atoms with van der Waals surface area (Å²) in [6, 6.07) is 1.97. The summed E-state index contributed by atoms with van der Waals surface area (Å²) in [6.07, 6.45) is 3.15. The molecule has 1 aliphatic rings. The van der Waals surface area contributed by atoms with E-state index in [2.05, 4.69) is 6.92 Å². The number of hydrogen-bond donors (Lipinski definition) is 0. The first-order valence-electron chi connectivity index (χ1n) is 6.92. The molecule has 1 aromatic rings. The molecule has 0 radical (unpaired) electrons. The summed E-state index contributed by atoms with van der Waals surface area (Å²) in [5.41, 5.74) is -0.839. The van der Waals surface area contributed by atoms with Crippen molar-refractivity contribution in [3.63, 3.8) is 0 Å². The Labute approximate surface area is 117 Å². The van der Waals surface area contributed by atoms with E-state index in [0.717, 1.165) is 36.9 Å². The van der Waals surface area contributed by atoms with Crippen LogP contribution in [0.2, 0.25) is 0 Å². The molecule has 2 heterocycles. The molecular formula is C14H20N4O2. The largest absolute Gasteiger partial charge is 0.357 e. The third kappa shape index (κ3) is 2.36. The van der Waals surface area contributed by atoms with Crippen LogP contribution in [0.25, 0.3) is 0 Å². The lowest BCUT2D eigenvalue weighted by Crippen LogP contribution is -2.43. The minimum absolute atomic E-state index is 0.0594. The van der Waals surface area contributed by atoms with Gasteiger partial charge in [0.05, 0.1) is 0 Å². The van der Waals surface area contributed by atoms with Gasteiger partial charge in [0.15, 0.2) is 5.56 Å². The van der Waals surface area contributed by atoms with Crippen molar-refractivity contribution in [2.24, 2.45) is 20.0 Å². The molecule has 0 bridgehead atoms. The van der Waals surface area contributed by atoms with E-state index in [1.54, 1.807) is 7.05 Å². The van der Waals surface area contributed by atoms with Crippen LogP contribution in [-0.4, -0.2) is 22.2 Å². The van der Waals surface area contributed by atoms with Gasteiger partial charge in [-0.05, 0) is 25.2 Å². The molecule has 6 nitrogen and oxygen atoms in total. The molecule has 1 aromatic heterocycles. The quantitative estimate of drug-likeness (QED) is 0.752. The predicted molar refractivity (Wildman–Crippen MR) is 76.9 cm³/mol. The second-order valence-electron chi connectivity index (χ2n) is 5.54. The maximum absolute atomic E-state index is 12.1. The van der Waals surface area contributed by atoms with Gasteiger partial charge < -0.3 is 4.90 Å². The second kappa shape index (κ2) is 5.53. The number of rotatable bonds is 1. The predicted octanol–water partition coefficient (Wildman–Crippen LogP) is 0.582. The minimum atomic E-state index is -0.511. The Balaban J connectivity index is 2.59. The zero-order valence-corrected chi connectivity index (χ0v) is 12.2. The first-order valence-corrected chi connectivity index (χ1v) is 6.92. The lowest BCUT2D eigenvalue weighted by atomic mass is 10.0. The maximum atomic E-state index is 12.1. The SMILES string of the molecule is C[C@@H]1CCCN(c2c(C#N)c(=O)n(C)c(=O)n2C)CC1. The Kier molecular flexibility index (Phi) is 3.98.